The number of ketones is 2. The summed E-state index contributed by atoms with van der Waals surface area (Å²) in [5.74, 6) is -0.621. The molecule has 0 bridgehead atoms. The van der Waals surface area contributed by atoms with Gasteiger partial charge in [-0.15, -0.1) is 0 Å². The quantitative estimate of drug-likeness (QED) is 0.359. The molecule has 1 aliphatic heterocycles. The van der Waals surface area contributed by atoms with E-state index in [0.717, 1.165) is 29.8 Å². The molecule has 0 unspecified atom stereocenters. The molecule has 42 heavy (non-hydrogen) atoms. The standard InChI is InChI=1S/C34H38Cl2N2O4/c1-7-38-24-14-33(3,4)16-26(39)30(24)29(31-25(38)15-34(5,6)17-27(31)40)20-12-22(35)32(23(36)13-20)42-18-28(41)37-21-10-8-9-19(2)11-21/h8-13,29H,7,14-18H2,1-6H3,(H,37,41). The molecule has 3 aliphatic rings. The van der Waals surface area contributed by atoms with Crippen LogP contribution in [-0.2, 0) is 14.4 Å². The number of allylic oxidation sites excluding steroid dienone is 4. The number of Topliss-reactive ketones (excluding diaryl/α,β-unsaturated/α-hetero) is 2. The van der Waals surface area contributed by atoms with Gasteiger partial charge in [0.25, 0.3) is 5.91 Å². The Labute approximate surface area is 258 Å². The third kappa shape index (κ3) is 5.89. The second-order valence-corrected chi connectivity index (χ2v) is 14.1. The van der Waals surface area contributed by atoms with E-state index < -0.39 is 5.92 Å². The first kappa shape index (κ1) is 30.4. The summed E-state index contributed by atoms with van der Waals surface area (Å²) < 4.78 is 5.78. The fraction of sp³-hybridized carbons (Fsp3) is 0.441. The van der Waals surface area contributed by atoms with Gasteiger partial charge in [0.2, 0.25) is 0 Å². The SMILES string of the molecule is CCN1C2=C(C(=O)CC(C)(C)C2)C(c2cc(Cl)c(OCC(=O)Nc3cccc(C)c3)c(Cl)c2)C2=C1CC(C)(C)CC2=O. The van der Waals surface area contributed by atoms with Crippen LogP contribution in [0, 0.1) is 17.8 Å². The van der Waals surface area contributed by atoms with Gasteiger partial charge in [-0.25, -0.2) is 0 Å². The summed E-state index contributed by atoms with van der Waals surface area (Å²) in [5, 5.41) is 3.24. The van der Waals surface area contributed by atoms with Crippen molar-refractivity contribution in [3.05, 3.63) is 80.1 Å². The number of nitrogens with zero attached hydrogens (tertiary/aromatic N) is 1. The lowest BCUT2D eigenvalue weighted by Gasteiger charge is -2.49. The number of halogens is 2. The predicted molar refractivity (Wildman–Crippen MR) is 167 cm³/mol. The van der Waals surface area contributed by atoms with Gasteiger partial charge in [0.15, 0.2) is 23.9 Å². The van der Waals surface area contributed by atoms with Gasteiger partial charge in [0.1, 0.15) is 0 Å². The number of ether oxygens (including phenoxy) is 1. The maximum atomic E-state index is 13.8. The molecule has 6 nitrogen and oxygen atoms in total. The molecule has 8 heteroatoms. The van der Waals surface area contributed by atoms with E-state index in [1.807, 2.05) is 25.1 Å². The smallest absolute Gasteiger partial charge is 0.262 e. The second kappa shape index (κ2) is 11.2. The summed E-state index contributed by atoms with van der Waals surface area (Å²) in [6.45, 7) is 12.9. The van der Waals surface area contributed by atoms with Crippen molar-refractivity contribution < 1.29 is 19.1 Å². The minimum Gasteiger partial charge on any atom is -0.481 e. The highest BCUT2D eigenvalue weighted by atomic mass is 35.5. The molecule has 0 atom stereocenters. The number of amides is 1. The molecule has 1 N–H and O–H groups in total. The molecule has 0 radical (unpaired) electrons. The first-order chi connectivity index (χ1) is 19.7. The second-order valence-electron chi connectivity index (χ2n) is 13.3. The minimum absolute atomic E-state index is 0.0503. The van der Waals surface area contributed by atoms with Crippen LogP contribution in [-0.4, -0.2) is 35.5 Å². The highest BCUT2D eigenvalue weighted by Gasteiger charge is 2.48. The molecule has 2 aromatic carbocycles. The van der Waals surface area contributed by atoms with Crippen LogP contribution in [0.15, 0.2) is 58.9 Å². The van der Waals surface area contributed by atoms with Gasteiger partial charge in [-0.2, -0.15) is 0 Å². The van der Waals surface area contributed by atoms with Crippen LogP contribution < -0.4 is 10.1 Å². The molecule has 1 amide bonds. The van der Waals surface area contributed by atoms with E-state index in [-0.39, 0.29) is 50.7 Å². The molecule has 0 spiro atoms. The first-order valence-corrected chi connectivity index (χ1v) is 15.2. The zero-order chi connectivity index (χ0) is 30.6. The molecule has 2 aliphatic carbocycles. The molecule has 0 saturated heterocycles. The lowest BCUT2D eigenvalue weighted by atomic mass is 9.63. The van der Waals surface area contributed by atoms with E-state index in [2.05, 4.69) is 44.8 Å². The third-order valence-corrected chi connectivity index (χ3v) is 8.90. The van der Waals surface area contributed by atoms with E-state index in [0.29, 0.717) is 41.8 Å². The Hall–Kier alpha value is -3.09. The maximum Gasteiger partial charge on any atom is 0.262 e. The van der Waals surface area contributed by atoms with Crippen molar-refractivity contribution in [2.75, 3.05) is 18.5 Å². The molecule has 0 fully saturated rings. The molecular weight excluding hydrogens is 571 g/mol. The number of anilines is 1. The lowest BCUT2D eigenvalue weighted by molar-refractivity contribution is -0.120. The average molecular weight is 610 g/mol. The van der Waals surface area contributed by atoms with E-state index >= 15 is 0 Å². The molecule has 0 aromatic heterocycles. The zero-order valence-electron chi connectivity index (χ0n) is 25.1. The monoisotopic (exact) mass is 608 g/mol. The van der Waals surface area contributed by atoms with Crippen LogP contribution in [0.25, 0.3) is 0 Å². The molecular formula is C34H38Cl2N2O4. The Kier molecular flexibility index (Phi) is 8.10. The summed E-state index contributed by atoms with van der Waals surface area (Å²) in [6, 6.07) is 10.9. The number of aryl methyl sites for hydroxylation is 1. The Bertz CT molecular complexity index is 1480. The number of benzene rings is 2. The van der Waals surface area contributed by atoms with Gasteiger partial charge in [-0.05, 0) is 72.9 Å². The maximum absolute atomic E-state index is 13.8. The van der Waals surface area contributed by atoms with Crippen LogP contribution >= 0.6 is 23.2 Å². The topological polar surface area (TPSA) is 75.7 Å². The summed E-state index contributed by atoms with van der Waals surface area (Å²) >= 11 is 13.5. The minimum atomic E-state index is -0.557. The molecule has 1 heterocycles. The van der Waals surface area contributed by atoms with Gasteiger partial charge in [0, 0.05) is 53.5 Å². The highest BCUT2D eigenvalue weighted by Crippen LogP contribution is 2.55. The van der Waals surface area contributed by atoms with Crippen LogP contribution in [0.1, 0.15) is 77.3 Å². The Morgan fingerprint density at radius 2 is 1.48 bits per heavy atom. The molecule has 0 saturated carbocycles. The Morgan fingerprint density at radius 1 is 0.929 bits per heavy atom. The lowest BCUT2D eigenvalue weighted by Crippen LogP contribution is -2.44. The first-order valence-electron chi connectivity index (χ1n) is 14.5. The van der Waals surface area contributed by atoms with Crippen molar-refractivity contribution in [3.63, 3.8) is 0 Å². The normalized spacial score (nSPS) is 20.0. The van der Waals surface area contributed by atoms with Gasteiger partial charge >= 0.3 is 0 Å². The molecule has 2 aromatic rings. The Morgan fingerprint density at radius 3 is 1.98 bits per heavy atom. The predicted octanol–water partition coefficient (Wildman–Crippen LogP) is 8.02. The van der Waals surface area contributed by atoms with Crippen LogP contribution in [0.3, 0.4) is 0 Å². The number of nitrogens with one attached hydrogen (secondary N) is 1. The van der Waals surface area contributed by atoms with Crippen molar-refractivity contribution in [1.29, 1.82) is 0 Å². The highest BCUT2D eigenvalue weighted by molar-refractivity contribution is 6.37. The van der Waals surface area contributed by atoms with Crippen molar-refractivity contribution >= 4 is 46.4 Å². The van der Waals surface area contributed by atoms with Crippen molar-refractivity contribution in [3.8, 4) is 5.75 Å². The van der Waals surface area contributed by atoms with Gasteiger partial charge in [0.05, 0.1) is 10.0 Å². The van der Waals surface area contributed by atoms with Crippen molar-refractivity contribution in [2.45, 2.75) is 73.1 Å². The number of hydrogen-bond donors (Lipinski definition) is 1. The van der Waals surface area contributed by atoms with Gasteiger partial charge in [-0.1, -0.05) is 63.0 Å². The van der Waals surface area contributed by atoms with Crippen LogP contribution in [0.5, 0.6) is 5.75 Å². The van der Waals surface area contributed by atoms with E-state index in [4.69, 9.17) is 27.9 Å². The summed E-state index contributed by atoms with van der Waals surface area (Å²) in [4.78, 5) is 42.4. The summed E-state index contributed by atoms with van der Waals surface area (Å²) in [5.41, 5.74) is 5.32. The number of rotatable bonds is 6. The zero-order valence-corrected chi connectivity index (χ0v) is 26.6. The number of hydrogen-bond acceptors (Lipinski definition) is 5. The fourth-order valence-corrected chi connectivity index (χ4v) is 7.32. The van der Waals surface area contributed by atoms with E-state index in [1.54, 1.807) is 18.2 Å². The summed E-state index contributed by atoms with van der Waals surface area (Å²) in [6.07, 6.45) is 2.28. The average Bonchev–Trinajstić information content (AvgIpc) is 2.85. The number of carbonyl (C=O) groups excluding carboxylic acids is 3. The van der Waals surface area contributed by atoms with Crippen molar-refractivity contribution in [1.82, 2.24) is 4.90 Å². The van der Waals surface area contributed by atoms with Crippen LogP contribution in [0.2, 0.25) is 10.0 Å². The van der Waals surface area contributed by atoms with E-state index in [1.165, 1.54) is 0 Å². The molecule has 5 rings (SSSR count). The fourth-order valence-electron chi connectivity index (χ4n) is 6.70. The van der Waals surface area contributed by atoms with Gasteiger partial charge < -0.3 is 15.0 Å². The summed E-state index contributed by atoms with van der Waals surface area (Å²) in [7, 11) is 0. The third-order valence-electron chi connectivity index (χ3n) is 8.34. The Balaban J connectivity index is 1.52. The van der Waals surface area contributed by atoms with E-state index in [9.17, 15) is 14.4 Å². The molecule has 222 valence electrons. The van der Waals surface area contributed by atoms with Gasteiger partial charge in [-0.3, -0.25) is 14.4 Å². The van der Waals surface area contributed by atoms with Crippen LogP contribution in [0.4, 0.5) is 5.69 Å². The largest absolute Gasteiger partial charge is 0.481 e. The van der Waals surface area contributed by atoms with Crippen molar-refractivity contribution in [2.24, 2.45) is 10.8 Å². The number of carbonyl (C=O) groups is 3.